The van der Waals surface area contributed by atoms with E-state index in [9.17, 15) is 14.4 Å². The standard InChI is InChI=1S/C17H16O4S/c1-2-21-17(20)16(19)14(13-8-9-22-11-13)10-15(18)12-6-4-3-5-7-12/h3-9,11,14H,2,10H2,1H3. The van der Waals surface area contributed by atoms with E-state index in [0.717, 1.165) is 0 Å². The number of thiophene rings is 1. The molecule has 1 aromatic carbocycles. The quantitative estimate of drug-likeness (QED) is 0.447. The summed E-state index contributed by atoms with van der Waals surface area (Å²) in [4.78, 5) is 36.3. The number of carbonyl (C=O) groups is 3. The lowest BCUT2D eigenvalue weighted by molar-refractivity contribution is -0.154. The van der Waals surface area contributed by atoms with Crippen LogP contribution in [0, 0.1) is 0 Å². The van der Waals surface area contributed by atoms with Gasteiger partial charge in [0.25, 0.3) is 0 Å². The molecule has 0 aliphatic rings. The van der Waals surface area contributed by atoms with Gasteiger partial charge >= 0.3 is 5.97 Å². The minimum atomic E-state index is -0.889. The smallest absolute Gasteiger partial charge is 0.375 e. The molecule has 0 fully saturated rings. The Bertz CT molecular complexity index is 647. The van der Waals surface area contributed by atoms with E-state index in [0.29, 0.717) is 11.1 Å². The zero-order chi connectivity index (χ0) is 15.9. The van der Waals surface area contributed by atoms with E-state index in [1.165, 1.54) is 11.3 Å². The van der Waals surface area contributed by atoms with Crippen molar-refractivity contribution in [1.82, 2.24) is 0 Å². The summed E-state index contributed by atoms with van der Waals surface area (Å²) in [5.41, 5.74) is 1.20. The molecule has 0 spiro atoms. The minimum Gasteiger partial charge on any atom is -0.460 e. The molecular formula is C17H16O4S. The number of hydrogen-bond donors (Lipinski definition) is 0. The zero-order valence-corrected chi connectivity index (χ0v) is 13.0. The number of esters is 1. The van der Waals surface area contributed by atoms with Crippen LogP contribution >= 0.6 is 11.3 Å². The lowest BCUT2D eigenvalue weighted by atomic mass is 9.90. The third-order valence-electron chi connectivity index (χ3n) is 3.22. The Kier molecular flexibility index (Phi) is 5.61. The van der Waals surface area contributed by atoms with Crippen molar-refractivity contribution < 1.29 is 19.1 Å². The molecule has 1 heterocycles. The van der Waals surface area contributed by atoms with Crippen molar-refractivity contribution >= 4 is 28.9 Å². The monoisotopic (exact) mass is 316 g/mol. The van der Waals surface area contributed by atoms with Gasteiger partial charge in [-0.3, -0.25) is 9.59 Å². The summed E-state index contributed by atoms with van der Waals surface area (Å²) < 4.78 is 4.77. The maximum atomic E-state index is 12.3. The van der Waals surface area contributed by atoms with Crippen LogP contribution in [-0.4, -0.2) is 24.1 Å². The van der Waals surface area contributed by atoms with Gasteiger partial charge in [-0.25, -0.2) is 4.79 Å². The molecule has 0 N–H and O–H groups in total. The van der Waals surface area contributed by atoms with Gasteiger partial charge in [-0.05, 0) is 29.3 Å². The normalized spacial score (nSPS) is 11.7. The molecule has 22 heavy (non-hydrogen) atoms. The minimum absolute atomic E-state index is 0.0433. The van der Waals surface area contributed by atoms with Gasteiger partial charge in [0.05, 0.1) is 12.5 Å². The fourth-order valence-electron chi connectivity index (χ4n) is 2.11. The maximum Gasteiger partial charge on any atom is 0.375 e. The van der Waals surface area contributed by atoms with E-state index in [-0.39, 0.29) is 18.8 Å². The fourth-order valence-corrected chi connectivity index (χ4v) is 2.82. The third kappa shape index (κ3) is 3.89. The number of benzene rings is 1. The zero-order valence-electron chi connectivity index (χ0n) is 12.2. The van der Waals surface area contributed by atoms with E-state index >= 15 is 0 Å². The van der Waals surface area contributed by atoms with Gasteiger partial charge in [0, 0.05) is 12.0 Å². The molecule has 2 rings (SSSR count). The van der Waals surface area contributed by atoms with Crippen LogP contribution in [0.3, 0.4) is 0 Å². The van der Waals surface area contributed by atoms with Crippen LogP contribution in [0.25, 0.3) is 0 Å². The van der Waals surface area contributed by atoms with Gasteiger partial charge in [-0.1, -0.05) is 30.3 Å². The summed E-state index contributed by atoms with van der Waals surface area (Å²) in [6.07, 6.45) is -0.0433. The number of hydrogen-bond acceptors (Lipinski definition) is 5. The molecule has 0 saturated carbocycles. The van der Waals surface area contributed by atoms with Crippen molar-refractivity contribution in [1.29, 1.82) is 0 Å². The molecule has 2 aromatic rings. The average molecular weight is 316 g/mol. The highest BCUT2D eigenvalue weighted by Gasteiger charge is 2.30. The van der Waals surface area contributed by atoms with Gasteiger partial charge < -0.3 is 4.74 Å². The van der Waals surface area contributed by atoms with Crippen LogP contribution in [0.4, 0.5) is 0 Å². The van der Waals surface area contributed by atoms with Crippen LogP contribution in [0.2, 0.25) is 0 Å². The number of ketones is 2. The van der Waals surface area contributed by atoms with E-state index in [1.54, 1.807) is 42.6 Å². The van der Waals surface area contributed by atoms with Crippen LogP contribution in [-0.2, 0) is 14.3 Å². The Morgan fingerprint density at radius 1 is 1.14 bits per heavy atom. The first-order valence-electron chi connectivity index (χ1n) is 6.94. The molecule has 4 nitrogen and oxygen atoms in total. The lowest BCUT2D eigenvalue weighted by Crippen LogP contribution is -2.26. The molecule has 0 aliphatic heterocycles. The number of carbonyl (C=O) groups excluding carboxylic acids is 3. The number of ether oxygens (including phenoxy) is 1. The Morgan fingerprint density at radius 2 is 1.86 bits per heavy atom. The van der Waals surface area contributed by atoms with Crippen LogP contribution in [0.15, 0.2) is 47.2 Å². The van der Waals surface area contributed by atoms with Crippen molar-refractivity contribution in [2.75, 3.05) is 6.61 Å². The maximum absolute atomic E-state index is 12.3. The van der Waals surface area contributed by atoms with E-state index in [4.69, 9.17) is 4.74 Å². The Labute approximate surface area is 132 Å². The first-order chi connectivity index (χ1) is 10.6. The average Bonchev–Trinajstić information content (AvgIpc) is 3.07. The summed E-state index contributed by atoms with van der Waals surface area (Å²) >= 11 is 1.42. The molecule has 0 saturated heterocycles. The molecule has 1 aromatic heterocycles. The van der Waals surface area contributed by atoms with Crippen molar-refractivity contribution in [2.45, 2.75) is 19.3 Å². The largest absolute Gasteiger partial charge is 0.460 e. The lowest BCUT2D eigenvalue weighted by Gasteiger charge is -2.13. The Hall–Kier alpha value is -2.27. The molecular weight excluding hydrogens is 300 g/mol. The molecule has 1 atom stereocenters. The molecule has 1 unspecified atom stereocenters. The number of rotatable bonds is 7. The second kappa shape index (κ2) is 7.66. The Balaban J connectivity index is 2.21. The van der Waals surface area contributed by atoms with Gasteiger partial charge in [0.1, 0.15) is 0 Å². The molecule has 114 valence electrons. The Morgan fingerprint density at radius 3 is 2.45 bits per heavy atom. The molecule has 0 bridgehead atoms. The SMILES string of the molecule is CCOC(=O)C(=O)C(CC(=O)c1ccccc1)c1ccsc1. The predicted molar refractivity (Wildman–Crippen MR) is 84.1 cm³/mol. The van der Waals surface area contributed by atoms with Crippen molar-refractivity contribution in [2.24, 2.45) is 0 Å². The van der Waals surface area contributed by atoms with Gasteiger partial charge in [-0.15, -0.1) is 0 Å². The molecule has 5 heteroatoms. The van der Waals surface area contributed by atoms with Gasteiger partial charge in [0.15, 0.2) is 5.78 Å². The van der Waals surface area contributed by atoms with E-state index in [1.807, 2.05) is 11.4 Å². The predicted octanol–water partition coefficient (Wildman–Crippen LogP) is 3.24. The van der Waals surface area contributed by atoms with Crippen molar-refractivity contribution in [3.63, 3.8) is 0 Å². The second-order valence-corrected chi connectivity index (χ2v) is 5.47. The molecule has 0 amide bonds. The van der Waals surface area contributed by atoms with Crippen LogP contribution < -0.4 is 0 Å². The fraction of sp³-hybridized carbons (Fsp3) is 0.235. The highest BCUT2D eigenvalue weighted by atomic mass is 32.1. The second-order valence-electron chi connectivity index (χ2n) is 4.69. The first-order valence-corrected chi connectivity index (χ1v) is 7.89. The topological polar surface area (TPSA) is 60.4 Å². The van der Waals surface area contributed by atoms with Crippen molar-refractivity contribution in [3.8, 4) is 0 Å². The summed E-state index contributed by atoms with van der Waals surface area (Å²) in [6.45, 7) is 1.77. The third-order valence-corrected chi connectivity index (χ3v) is 3.93. The molecule has 0 aliphatic carbocycles. The van der Waals surface area contributed by atoms with E-state index < -0.39 is 17.7 Å². The first kappa shape index (κ1) is 16.1. The van der Waals surface area contributed by atoms with Crippen LogP contribution in [0.5, 0.6) is 0 Å². The summed E-state index contributed by atoms with van der Waals surface area (Å²) in [5, 5.41) is 3.59. The summed E-state index contributed by atoms with van der Waals surface area (Å²) in [5.74, 6) is -2.53. The van der Waals surface area contributed by atoms with Crippen LogP contribution in [0.1, 0.15) is 35.2 Å². The number of Topliss-reactive ketones (excluding diaryl/α,β-unsaturated/α-hetero) is 2. The highest BCUT2D eigenvalue weighted by molar-refractivity contribution is 7.08. The molecule has 0 radical (unpaired) electrons. The van der Waals surface area contributed by atoms with Gasteiger partial charge in [0.2, 0.25) is 5.78 Å². The summed E-state index contributed by atoms with van der Waals surface area (Å²) in [6, 6.07) is 10.5. The summed E-state index contributed by atoms with van der Waals surface area (Å²) in [7, 11) is 0. The van der Waals surface area contributed by atoms with Gasteiger partial charge in [-0.2, -0.15) is 11.3 Å². The highest BCUT2D eigenvalue weighted by Crippen LogP contribution is 2.25. The van der Waals surface area contributed by atoms with Crippen molar-refractivity contribution in [3.05, 3.63) is 58.3 Å². The van der Waals surface area contributed by atoms with E-state index in [2.05, 4.69) is 0 Å².